The third kappa shape index (κ3) is 5.54. The number of hydrogen-bond acceptors (Lipinski definition) is 9. The molecule has 0 bridgehead atoms. The molecule has 4 rings (SSSR count). The van der Waals surface area contributed by atoms with Gasteiger partial charge in [-0.3, -0.25) is 14.9 Å². The summed E-state index contributed by atoms with van der Waals surface area (Å²) in [7, 11) is 1.66. The Hall–Kier alpha value is -3.32. The first-order chi connectivity index (χ1) is 15.9. The third-order valence-corrected chi connectivity index (χ3v) is 7.39. The number of aryl methyl sites for hydroxylation is 1. The van der Waals surface area contributed by atoms with E-state index in [1.54, 1.807) is 31.3 Å². The normalized spacial score (nSPS) is 13.7. The Morgan fingerprint density at radius 3 is 2.67 bits per heavy atom. The number of hydrogen-bond donors (Lipinski definition) is 3. The van der Waals surface area contributed by atoms with Crippen LogP contribution in [0.5, 0.6) is 0 Å². The van der Waals surface area contributed by atoms with E-state index in [1.165, 1.54) is 16.4 Å². The molecule has 172 valence electrons. The molecule has 2 aromatic heterocycles. The Labute approximate surface area is 197 Å². The highest BCUT2D eigenvalue weighted by atomic mass is 32.2. The van der Waals surface area contributed by atoms with Crippen molar-refractivity contribution in [2.45, 2.75) is 41.5 Å². The van der Waals surface area contributed by atoms with E-state index in [9.17, 15) is 19.5 Å². The highest BCUT2D eigenvalue weighted by Gasteiger charge is 2.26. The van der Waals surface area contributed by atoms with E-state index in [2.05, 4.69) is 31.1 Å². The first kappa shape index (κ1) is 22.9. The Balaban J connectivity index is 1.49. The number of Topliss-reactive ketones (excluding diaryl/α,β-unsaturated/α-hetero) is 1. The van der Waals surface area contributed by atoms with E-state index in [0.29, 0.717) is 26.3 Å². The van der Waals surface area contributed by atoms with E-state index in [-0.39, 0.29) is 23.3 Å². The van der Waals surface area contributed by atoms with Gasteiger partial charge in [0, 0.05) is 18.5 Å². The van der Waals surface area contributed by atoms with Crippen LogP contribution < -0.4 is 10.6 Å². The van der Waals surface area contributed by atoms with Gasteiger partial charge in [-0.2, -0.15) is 0 Å². The zero-order valence-electron chi connectivity index (χ0n) is 17.6. The molecular formula is C20H21N7O4S2. The van der Waals surface area contributed by atoms with Gasteiger partial charge < -0.3 is 10.4 Å². The number of carboxylic acids is 1. The number of carboxylic acid groups (broad SMARTS) is 1. The summed E-state index contributed by atoms with van der Waals surface area (Å²) in [6, 6.07) is 6.35. The number of thiazole rings is 1. The highest BCUT2D eigenvalue weighted by Crippen LogP contribution is 2.36. The predicted octanol–water partition coefficient (Wildman–Crippen LogP) is 3.46. The molecule has 3 aromatic rings. The molecule has 0 atom stereocenters. The fourth-order valence-corrected chi connectivity index (χ4v) is 5.57. The minimum absolute atomic E-state index is 0.0109. The maximum Gasteiger partial charge on any atom is 0.325 e. The van der Waals surface area contributed by atoms with E-state index in [0.717, 1.165) is 37.0 Å². The van der Waals surface area contributed by atoms with Gasteiger partial charge in [-0.05, 0) is 47.2 Å². The molecule has 1 aliphatic carbocycles. The van der Waals surface area contributed by atoms with Crippen molar-refractivity contribution >= 4 is 51.7 Å². The minimum atomic E-state index is -1.05. The molecule has 13 heteroatoms. The number of nitrogens with one attached hydrogen (secondary N) is 2. The number of benzene rings is 1. The number of carbonyl (C=O) groups is 3. The monoisotopic (exact) mass is 487 g/mol. The summed E-state index contributed by atoms with van der Waals surface area (Å²) in [4.78, 5) is 41.1. The summed E-state index contributed by atoms with van der Waals surface area (Å²) in [5, 5.41) is 26.4. The fraction of sp³-hybridized carbons (Fsp3) is 0.350. The second-order valence-electron chi connectivity index (χ2n) is 7.48. The molecule has 1 fully saturated rings. The van der Waals surface area contributed by atoms with E-state index in [4.69, 9.17) is 0 Å². The number of amides is 2. The van der Waals surface area contributed by atoms with Crippen molar-refractivity contribution in [3.05, 3.63) is 35.5 Å². The molecule has 0 unspecified atom stereocenters. The lowest BCUT2D eigenvalue weighted by molar-refractivity contribution is -0.136. The molecule has 11 nitrogen and oxygen atoms in total. The maximum absolute atomic E-state index is 12.9. The molecule has 0 aliphatic heterocycles. The number of urea groups is 1. The van der Waals surface area contributed by atoms with Crippen LogP contribution in [0, 0.1) is 5.92 Å². The van der Waals surface area contributed by atoms with Crippen LogP contribution in [0.2, 0.25) is 0 Å². The van der Waals surface area contributed by atoms with Crippen molar-refractivity contribution in [1.29, 1.82) is 0 Å². The van der Waals surface area contributed by atoms with Crippen LogP contribution in [0.3, 0.4) is 0 Å². The van der Waals surface area contributed by atoms with Crippen LogP contribution in [0.4, 0.5) is 15.6 Å². The quantitative estimate of drug-likeness (QED) is 0.405. The molecule has 2 heterocycles. The Morgan fingerprint density at radius 1 is 1.21 bits per heavy atom. The molecule has 0 saturated heterocycles. The first-order valence-corrected chi connectivity index (χ1v) is 11.9. The molecule has 0 spiro atoms. The minimum Gasteiger partial charge on any atom is -0.481 e. The van der Waals surface area contributed by atoms with Gasteiger partial charge in [-0.1, -0.05) is 36.3 Å². The van der Waals surface area contributed by atoms with Gasteiger partial charge >= 0.3 is 12.0 Å². The lowest BCUT2D eigenvalue weighted by Gasteiger charge is -2.13. The lowest BCUT2D eigenvalue weighted by atomic mass is 9.95. The molecule has 1 aromatic carbocycles. The molecule has 1 aliphatic rings. The molecule has 33 heavy (non-hydrogen) atoms. The van der Waals surface area contributed by atoms with Crippen LogP contribution in [0.15, 0.2) is 33.6 Å². The van der Waals surface area contributed by atoms with E-state index in [1.807, 2.05) is 0 Å². The predicted molar refractivity (Wildman–Crippen MR) is 122 cm³/mol. The van der Waals surface area contributed by atoms with Crippen LogP contribution in [0.1, 0.15) is 41.7 Å². The van der Waals surface area contributed by atoms with Gasteiger partial charge in [0.25, 0.3) is 0 Å². The zero-order valence-corrected chi connectivity index (χ0v) is 19.3. The molecular weight excluding hydrogens is 466 g/mol. The van der Waals surface area contributed by atoms with E-state index < -0.39 is 12.0 Å². The van der Waals surface area contributed by atoms with Crippen molar-refractivity contribution in [1.82, 2.24) is 25.2 Å². The summed E-state index contributed by atoms with van der Waals surface area (Å²) >= 11 is 2.28. The van der Waals surface area contributed by atoms with Gasteiger partial charge in [-0.15, -0.1) is 5.10 Å². The molecule has 1 saturated carbocycles. The number of aliphatic carboxylic acids is 1. The standard InChI is InChI=1S/C20H21N7O4S2/c1-27-20(24-25-26-27)33-17-14(10-15(28)29)22-19(32-17)23-18(31)21-13-9-5-4-8-12(13)16(30)11-6-2-3-7-11/h4-5,8-9,11H,2-3,6-7,10H2,1H3,(H,28,29)(H2,21,22,23,31). The summed E-state index contributed by atoms with van der Waals surface area (Å²) in [5.74, 6) is -1.02. The topological polar surface area (TPSA) is 152 Å². The average molecular weight is 488 g/mol. The smallest absolute Gasteiger partial charge is 0.325 e. The number of tetrazole rings is 1. The second-order valence-corrected chi connectivity index (χ2v) is 9.72. The number of aromatic nitrogens is 5. The van der Waals surface area contributed by atoms with Gasteiger partial charge in [0.2, 0.25) is 5.16 Å². The van der Waals surface area contributed by atoms with Gasteiger partial charge in [0.15, 0.2) is 10.9 Å². The van der Waals surface area contributed by atoms with Gasteiger partial charge in [0.1, 0.15) is 0 Å². The van der Waals surface area contributed by atoms with Crippen LogP contribution in [0.25, 0.3) is 0 Å². The Morgan fingerprint density at radius 2 is 1.97 bits per heavy atom. The van der Waals surface area contributed by atoms with Crippen LogP contribution >= 0.6 is 23.1 Å². The van der Waals surface area contributed by atoms with Crippen LogP contribution in [-0.2, 0) is 18.3 Å². The summed E-state index contributed by atoms with van der Waals surface area (Å²) in [6.07, 6.45) is 3.50. The second kappa shape index (κ2) is 10.1. The molecule has 2 amide bonds. The van der Waals surface area contributed by atoms with Crippen molar-refractivity contribution in [2.75, 3.05) is 10.6 Å². The summed E-state index contributed by atoms with van der Waals surface area (Å²) < 4.78 is 2.01. The highest BCUT2D eigenvalue weighted by molar-refractivity contribution is 8.01. The fourth-order valence-electron chi connectivity index (χ4n) is 3.58. The first-order valence-electron chi connectivity index (χ1n) is 10.2. The van der Waals surface area contributed by atoms with Crippen molar-refractivity contribution < 1.29 is 19.5 Å². The molecule has 3 N–H and O–H groups in total. The number of para-hydroxylation sites is 1. The van der Waals surface area contributed by atoms with Crippen molar-refractivity contribution in [3.63, 3.8) is 0 Å². The number of nitrogens with zero attached hydrogens (tertiary/aromatic N) is 5. The lowest BCUT2D eigenvalue weighted by Crippen LogP contribution is -2.22. The third-order valence-electron chi connectivity index (χ3n) is 5.13. The Bertz CT molecular complexity index is 1190. The van der Waals surface area contributed by atoms with Crippen molar-refractivity contribution in [3.8, 4) is 0 Å². The summed E-state index contributed by atoms with van der Waals surface area (Å²) in [5.41, 5.74) is 1.21. The maximum atomic E-state index is 12.9. The van der Waals surface area contributed by atoms with Gasteiger partial charge in [-0.25, -0.2) is 14.5 Å². The average Bonchev–Trinajstić information content (AvgIpc) is 3.51. The van der Waals surface area contributed by atoms with Gasteiger partial charge in [0.05, 0.1) is 22.0 Å². The number of anilines is 2. The zero-order chi connectivity index (χ0) is 23.4. The largest absolute Gasteiger partial charge is 0.481 e. The SMILES string of the molecule is Cn1nnnc1Sc1sc(NC(=O)Nc2ccccc2C(=O)C2CCCC2)nc1CC(=O)O. The number of rotatable bonds is 8. The summed E-state index contributed by atoms with van der Waals surface area (Å²) in [6.45, 7) is 0. The molecule has 0 radical (unpaired) electrons. The van der Waals surface area contributed by atoms with Crippen LogP contribution in [-0.4, -0.2) is 48.1 Å². The van der Waals surface area contributed by atoms with Crippen molar-refractivity contribution in [2.24, 2.45) is 13.0 Å². The number of ketones is 1. The Kier molecular flexibility index (Phi) is 6.99. The number of carbonyl (C=O) groups excluding carboxylic acids is 2. The van der Waals surface area contributed by atoms with E-state index >= 15 is 0 Å².